The van der Waals surface area contributed by atoms with Crippen LogP contribution in [0.1, 0.15) is 64.6 Å². The van der Waals surface area contributed by atoms with E-state index in [9.17, 15) is 4.79 Å². The van der Waals surface area contributed by atoms with Gasteiger partial charge in [0.05, 0.1) is 5.41 Å². The predicted octanol–water partition coefficient (Wildman–Crippen LogP) is 2.25. The molecule has 0 unspecified atom stereocenters. The summed E-state index contributed by atoms with van der Waals surface area (Å²) in [5.41, 5.74) is 0.668. The topological polar surface area (TPSA) is 83.6 Å². The molecule has 4 saturated carbocycles. The van der Waals surface area contributed by atoms with Gasteiger partial charge in [-0.3, -0.25) is 4.79 Å². The van der Waals surface area contributed by atoms with Crippen LogP contribution in [0.2, 0.25) is 0 Å². The number of nitrogens with zero attached hydrogens (tertiary/aromatic N) is 3. The van der Waals surface area contributed by atoms with Crippen molar-refractivity contribution in [1.29, 1.82) is 0 Å². The van der Waals surface area contributed by atoms with Crippen LogP contribution >= 0.6 is 0 Å². The van der Waals surface area contributed by atoms with Gasteiger partial charge in [0, 0.05) is 13.0 Å². The third kappa shape index (κ3) is 2.66. The summed E-state index contributed by atoms with van der Waals surface area (Å²) in [5, 5.41) is 17.1. The van der Waals surface area contributed by atoms with Gasteiger partial charge in [-0.1, -0.05) is 19.1 Å². The molecule has 126 valence electrons. The largest absolute Gasteiger partial charge is 0.356 e. The van der Waals surface area contributed by atoms with Gasteiger partial charge in [-0.25, -0.2) is 0 Å². The number of hydrogen-bond acceptors (Lipinski definition) is 4. The molecular weight excluding hydrogens is 290 g/mol. The second-order valence-electron chi connectivity index (χ2n) is 9.10. The molecule has 4 fully saturated rings. The maximum atomic E-state index is 13.0. The van der Waals surface area contributed by atoms with Crippen molar-refractivity contribution < 1.29 is 4.79 Å². The van der Waals surface area contributed by atoms with Crippen molar-refractivity contribution in [1.82, 2.24) is 25.9 Å². The number of H-pyrrole nitrogens is 1. The Morgan fingerprint density at radius 3 is 2.57 bits per heavy atom. The summed E-state index contributed by atoms with van der Waals surface area (Å²) in [5.74, 6) is 1.77. The molecule has 0 aromatic carbocycles. The summed E-state index contributed by atoms with van der Waals surface area (Å²) >= 11 is 0. The van der Waals surface area contributed by atoms with Gasteiger partial charge >= 0.3 is 0 Å². The van der Waals surface area contributed by atoms with E-state index in [-0.39, 0.29) is 5.41 Å². The number of nitrogens with one attached hydrogen (secondary N) is 2. The van der Waals surface area contributed by atoms with Crippen LogP contribution in [0.15, 0.2) is 0 Å². The standard InChI is InChI=1S/C17H27N5O/c1-15-6-12-7-16(2,9-15)11-17(8-12,10-15)14(23)18-5-3-4-13-19-21-22-20-13/h12H,3-11H2,1-2H3,(H,18,23)(H,19,20,21,22)/t12?,15-,16-,17?/m0/s1. The summed E-state index contributed by atoms with van der Waals surface area (Å²) in [6.07, 6.45) is 8.86. The molecule has 0 spiro atoms. The van der Waals surface area contributed by atoms with E-state index in [4.69, 9.17) is 0 Å². The zero-order valence-corrected chi connectivity index (χ0v) is 14.2. The van der Waals surface area contributed by atoms with E-state index >= 15 is 0 Å². The Morgan fingerprint density at radius 2 is 1.96 bits per heavy atom. The molecule has 0 aliphatic heterocycles. The first-order chi connectivity index (χ1) is 10.9. The van der Waals surface area contributed by atoms with E-state index in [0.717, 1.165) is 38.0 Å². The second-order valence-corrected chi connectivity index (χ2v) is 9.10. The molecular formula is C17H27N5O. The van der Waals surface area contributed by atoms with Gasteiger partial charge in [-0.2, -0.15) is 5.21 Å². The number of aryl methyl sites for hydroxylation is 1. The lowest BCUT2D eigenvalue weighted by Gasteiger charge is -2.64. The van der Waals surface area contributed by atoms with Crippen LogP contribution in [0.25, 0.3) is 0 Å². The quantitative estimate of drug-likeness (QED) is 0.816. The highest BCUT2D eigenvalue weighted by atomic mass is 16.2. The fraction of sp³-hybridized carbons (Fsp3) is 0.882. The Bertz CT molecular complexity index is 580. The van der Waals surface area contributed by atoms with Crippen LogP contribution in [0, 0.1) is 22.2 Å². The van der Waals surface area contributed by atoms with Crippen molar-refractivity contribution in [3.63, 3.8) is 0 Å². The van der Waals surface area contributed by atoms with Gasteiger partial charge in [0.15, 0.2) is 5.82 Å². The first-order valence-corrected chi connectivity index (χ1v) is 8.91. The van der Waals surface area contributed by atoms with Crippen molar-refractivity contribution in [2.24, 2.45) is 22.2 Å². The van der Waals surface area contributed by atoms with Gasteiger partial charge in [-0.05, 0) is 61.7 Å². The number of aromatic nitrogens is 4. The van der Waals surface area contributed by atoms with Crippen molar-refractivity contribution in [3.05, 3.63) is 5.82 Å². The molecule has 1 aromatic rings. The second kappa shape index (κ2) is 5.02. The summed E-state index contributed by atoms with van der Waals surface area (Å²) < 4.78 is 0. The average molecular weight is 317 g/mol. The highest BCUT2D eigenvalue weighted by Crippen LogP contribution is 2.69. The number of aromatic amines is 1. The van der Waals surface area contributed by atoms with Crippen LogP contribution in [-0.2, 0) is 11.2 Å². The van der Waals surface area contributed by atoms with Crippen molar-refractivity contribution in [2.75, 3.05) is 6.54 Å². The Balaban J connectivity index is 1.38. The predicted molar refractivity (Wildman–Crippen MR) is 85.3 cm³/mol. The molecule has 4 aliphatic carbocycles. The molecule has 1 amide bonds. The minimum absolute atomic E-state index is 0.102. The van der Waals surface area contributed by atoms with Gasteiger partial charge in [0.25, 0.3) is 0 Å². The van der Waals surface area contributed by atoms with E-state index in [1.807, 2.05) is 0 Å². The Morgan fingerprint density at radius 1 is 1.22 bits per heavy atom. The molecule has 1 heterocycles. The number of carbonyl (C=O) groups excluding carboxylic acids is 1. The lowest BCUT2D eigenvalue weighted by Crippen LogP contribution is -2.59. The fourth-order valence-corrected chi connectivity index (χ4v) is 6.63. The van der Waals surface area contributed by atoms with E-state index in [2.05, 4.69) is 39.8 Å². The molecule has 0 radical (unpaired) electrons. The lowest BCUT2D eigenvalue weighted by atomic mass is 9.40. The maximum absolute atomic E-state index is 13.0. The number of tetrazole rings is 1. The lowest BCUT2D eigenvalue weighted by molar-refractivity contribution is -0.170. The highest BCUT2D eigenvalue weighted by molar-refractivity contribution is 5.83. The summed E-state index contributed by atoms with van der Waals surface area (Å²) in [6.45, 7) is 5.52. The molecule has 0 saturated heterocycles. The molecule has 4 aliphatic rings. The van der Waals surface area contributed by atoms with E-state index in [1.54, 1.807) is 0 Å². The fourth-order valence-electron chi connectivity index (χ4n) is 6.63. The molecule has 5 rings (SSSR count). The third-order valence-electron chi connectivity index (χ3n) is 6.36. The Labute approximate surface area is 137 Å². The van der Waals surface area contributed by atoms with E-state index in [1.165, 1.54) is 19.3 Å². The molecule has 23 heavy (non-hydrogen) atoms. The van der Waals surface area contributed by atoms with Crippen molar-refractivity contribution in [2.45, 2.75) is 65.2 Å². The van der Waals surface area contributed by atoms with Crippen LogP contribution < -0.4 is 5.32 Å². The minimum Gasteiger partial charge on any atom is -0.356 e. The molecule has 4 bridgehead atoms. The van der Waals surface area contributed by atoms with Gasteiger partial charge in [0.2, 0.25) is 5.91 Å². The van der Waals surface area contributed by atoms with Crippen LogP contribution in [0.4, 0.5) is 0 Å². The number of rotatable bonds is 5. The summed E-state index contributed by atoms with van der Waals surface area (Å²) in [7, 11) is 0. The van der Waals surface area contributed by atoms with E-state index < -0.39 is 0 Å². The summed E-state index contributed by atoms with van der Waals surface area (Å²) in [6, 6.07) is 0. The number of hydrogen-bond donors (Lipinski definition) is 2. The van der Waals surface area contributed by atoms with Crippen molar-refractivity contribution in [3.8, 4) is 0 Å². The first-order valence-electron chi connectivity index (χ1n) is 8.91. The molecule has 2 atom stereocenters. The smallest absolute Gasteiger partial charge is 0.226 e. The first kappa shape index (κ1) is 15.1. The van der Waals surface area contributed by atoms with Crippen LogP contribution in [0.3, 0.4) is 0 Å². The number of carbonyl (C=O) groups is 1. The third-order valence-corrected chi connectivity index (χ3v) is 6.36. The molecule has 6 nitrogen and oxygen atoms in total. The van der Waals surface area contributed by atoms with Gasteiger partial charge < -0.3 is 5.32 Å². The van der Waals surface area contributed by atoms with Gasteiger partial charge in [0.1, 0.15) is 0 Å². The van der Waals surface area contributed by atoms with E-state index in [0.29, 0.717) is 29.1 Å². The Hall–Kier alpha value is -1.46. The highest BCUT2D eigenvalue weighted by Gasteiger charge is 2.62. The monoisotopic (exact) mass is 317 g/mol. The maximum Gasteiger partial charge on any atom is 0.226 e. The van der Waals surface area contributed by atoms with Crippen molar-refractivity contribution >= 4 is 5.91 Å². The zero-order valence-electron chi connectivity index (χ0n) is 14.2. The number of amides is 1. The SMILES string of the molecule is C[C@@]12CC3CC(C(=O)NCCCc4nn[nH]n4)(C1)C[C@@](C)(C3)C2. The molecule has 1 aromatic heterocycles. The Kier molecular flexibility index (Phi) is 3.29. The zero-order chi connectivity index (χ0) is 16.1. The van der Waals surface area contributed by atoms with Gasteiger partial charge in [-0.15, -0.1) is 10.2 Å². The van der Waals surface area contributed by atoms with Crippen LogP contribution in [0.5, 0.6) is 0 Å². The normalized spacial score (nSPS) is 41.2. The average Bonchev–Trinajstić information content (AvgIpc) is 2.92. The molecule has 2 N–H and O–H groups in total. The van der Waals surface area contributed by atoms with Crippen LogP contribution in [-0.4, -0.2) is 33.1 Å². The molecule has 6 heteroatoms. The summed E-state index contributed by atoms with van der Waals surface area (Å²) in [4.78, 5) is 13.0. The minimum atomic E-state index is -0.102.